The third-order valence-electron chi connectivity index (χ3n) is 2.32. The van der Waals surface area contributed by atoms with Crippen molar-refractivity contribution in [1.29, 1.82) is 0 Å². The molecule has 0 N–H and O–H groups in total. The first-order valence-corrected chi connectivity index (χ1v) is 5.62. The van der Waals surface area contributed by atoms with Gasteiger partial charge >= 0.3 is 0 Å². The molecular formula is C12H22O2. The number of carbonyl (C=O) groups excluding carboxylic acids is 2. The Balaban J connectivity index is 3.51. The van der Waals surface area contributed by atoms with Gasteiger partial charge in [-0.2, -0.15) is 0 Å². The minimum absolute atomic E-state index is 0.00501. The zero-order valence-corrected chi connectivity index (χ0v) is 9.64. The zero-order chi connectivity index (χ0) is 11.0. The van der Waals surface area contributed by atoms with Crippen molar-refractivity contribution in [3.8, 4) is 0 Å². The molecule has 0 saturated heterocycles. The zero-order valence-electron chi connectivity index (χ0n) is 9.64. The molecule has 82 valence electrons. The molecule has 0 aromatic rings. The first kappa shape index (κ1) is 13.3. The van der Waals surface area contributed by atoms with Gasteiger partial charge in [0.2, 0.25) is 0 Å². The highest BCUT2D eigenvalue weighted by Crippen LogP contribution is 2.06. The van der Waals surface area contributed by atoms with Crippen LogP contribution in [0.15, 0.2) is 0 Å². The molecule has 0 aromatic heterocycles. The quantitative estimate of drug-likeness (QED) is 0.443. The fourth-order valence-corrected chi connectivity index (χ4v) is 1.24. The topological polar surface area (TPSA) is 34.1 Å². The summed E-state index contributed by atoms with van der Waals surface area (Å²) in [5, 5.41) is 0. The van der Waals surface area contributed by atoms with Gasteiger partial charge in [-0.15, -0.1) is 0 Å². The van der Waals surface area contributed by atoms with Crippen LogP contribution >= 0.6 is 0 Å². The predicted octanol–water partition coefficient (Wildman–Crippen LogP) is 3.14. The van der Waals surface area contributed by atoms with Crippen molar-refractivity contribution in [2.24, 2.45) is 5.92 Å². The Labute approximate surface area is 87.1 Å². The predicted molar refractivity (Wildman–Crippen MR) is 58.2 cm³/mol. The number of carbonyl (C=O) groups is 2. The highest BCUT2D eigenvalue weighted by Gasteiger charge is 2.12. The van der Waals surface area contributed by atoms with Gasteiger partial charge in [-0.05, 0) is 6.42 Å². The molecule has 0 amide bonds. The minimum atomic E-state index is -0.00501. The Morgan fingerprint density at radius 1 is 1.07 bits per heavy atom. The fourth-order valence-electron chi connectivity index (χ4n) is 1.24. The average molecular weight is 198 g/mol. The van der Waals surface area contributed by atoms with Crippen molar-refractivity contribution in [2.75, 3.05) is 0 Å². The summed E-state index contributed by atoms with van der Waals surface area (Å²) < 4.78 is 0. The SMILES string of the molecule is CCCCCCC(=O)CC(=O)C(C)C. The Kier molecular flexibility index (Phi) is 7.35. The van der Waals surface area contributed by atoms with Gasteiger partial charge in [0.05, 0.1) is 6.42 Å². The second-order valence-corrected chi connectivity index (χ2v) is 4.15. The van der Waals surface area contributed by atoms with E-state index in [9.17, 15) is 9.59 Å². The van der Waals surface area contributed by atoms with Crippen LogP contribution < -0.4 is 0 Å². The van der Waals surface area contributed by atoms with Crippen LogP contribution in [0.5, 0.6) is 0 Å². The van der Waals surface area contributed by atoms with Crippen molar-refractivity contribution in [1.82, 2.24) is 0 Å². The van der Waals surface area contributed by atoms with E-state index in [0.29, 0.717) is 6.42 Å². The van der Waals surface area contributed by atoms with E-state index in [1.54, 1.807) is 0 Å². The summed E-state index contributed by atoms with van der Waals surface area (Å²) in [5.41, 5.74) is 0. The maximum absolute atomic E-state index is 11.3. The molecule has 0 radical (unpaired) electrons. The van der Waals surface area contributed by atoms with Crippen molar-refractivity contribution in [3.63, 3.8) is 0 Å². The van der Waals surface area contributed by atoms with Crippen molar-refractivity contribution in [2.45, 2.75) is 59.3 Å². The van der Waals surface area contributed by atoms with Crippen LogP contribution in [0.1, 0.15) is 59.3 Å². The van der Waals surface area contributed by atoms with Gasteiger partial charge in [-0.25, -0.2) is 0 Å². The lowest BCUT2D eigenvalue weighted by molar-refractivity contribution is -0.128. The smallest absolute Gasteiger partial charge is 0.142 e. The van der Waals surface area contributed by atoms with E-state index in [1.165, 1.54) is 12.8 Å². The van der Waals surface area contributed by atoms with Crippen LogP contribution in [0, 0.1) is 5.92 Å². The number of rotatable bonds is 8. The van der Waals surface area contributed by atoms with Crippen LogP contribution in [0.2, 0.25) is 0 Å². The van der Waals surface area contributed by atoms with Gasteiger partial charge in [-0.1, -0.05) is 40.0 Å². The lowest BCUT2D eigenvalue weighted by Gasteiger charge is -2.03. The molecular weight excluding hydrogens is 176 g/mol. The first-order valence-electron chi connectivity index (χ1n) is 5.62. The monoisotopic (exact) mass is 198 g/mol. The Morgan fingerprint density at radius 3 is 2.21 bits per heavy atom. The van der Waals surface area contributed by atoms with Crippen LogP contribution in [0.25, 0.3) is 0 Å². The summed E-state index contributed by atoms with van der Waals surface area (Å²) in [5.74, 6) is 0.180. The van der Waals surface area contributed by atoms with E-state index in [2.05, 4.69) is 6.92 Å². The summed E-state index contributed by atoms with van der Waals surface area (Å²) in [6.07, 6.45) is 5.14. The van der Waals surface area contributed by atoms with E-state index < -0.39 is 0 Å². The number of Topliss-reactive ketones (excluding diaryl/α,β-unsaturated/α-hetero) is 2. The van der Waals surface area contributed by atoms with Gasteiger partial charge in [0.25, 0.3) is 0 Å². The second kappa shape index (κ2) is 7.72. The molecule has 0 aliphatic rings. The van der Waals surface area contributed by atoms with Crippen molar-refractivity contribution < 1.29 is 9.59 Å². The fraction of sp³-hybridized carbons (Fsp3) is 0.833. The van der Waals surface area contributed by atoms with Crippen LogP contribution in [0.3, 0.4) is 0 Å². The molecule has 0 fully saturated rings. The molecule has 2 nitrogen and oxygen atoms in total. The number of hydrogen-bond donors (Lipinski definition) is 0. The van der Waals surface area contributed by atoms with Crippen molar-refractivity contribution in [3.05, 3.63) is 0 Å². The van der Waals surface area contributed by atoms with Gasteiger partial charge in [0.1, 0.15) is 11.6 Å². The molecule has 0 rings (SSSR count). The number of ketones is 2. The summed E-state index contributed by atoms with van der Waals surface area (Å²) in [6, 6.07) is 0. The van der Waals surface area contributed by atoms with E-state index in [-0.39, 0.29) is 23.9 Å². The molecule has 0 aliphatic heterocycles. The Hall–Kier alpha value is -0.660. The molecule has 0 bridgehead atoms. The highest BCUT2D eigenvalue weighted by atomic mass is 16.1. The summed E-state index contributed by atoms with van der Waals surface area (Å²) in [7, 11) is 0. The molecule has 0 heterocycles. The van der Waals surface area contributed by atoms with Crippen molar-refractivity contribution >= 4 is 11.6 Å². The van der Waals surface area contributed by atoms with Gasteiger partial charge in [0.15, 0.2) is 0 Å². The molecule has 0 unspecified atom stereocenters. The van der Waals surface area contributed by atoms with Crippen LogP contribution in [-0.4, -0.2) is 11.6 Å². The second-order valence-electron chi connectivity index (χ2n) is 4.15. The maximum Gasteiger partial charge on any atom is 0.142 e. The lowest BCUT2D eigenvalue weighted by atomic mass is 10.0. The minimum Gasteiger partial charge on any atom is -0.299 e. The summed E-state index contributed by atoms with van der Waals surface area (Å²) in [4.78, 5) is 22.5. The average Bonchev–Trinajstić information content (AvgIpc) is 2.12. The largest absolute Gasteiger partial charge is 0.299 e. The molecule has 0 saturated carbocycles. The summed E-state index contributed by atoms with van der Waals surface area (Å²) in [6.45, 7) is 5.82. The van der Waals surface area contributed by atoms with E-state index in [0.717, 1.165) is 12.8 Å². The number of unbranched alkanes of at least 4 members (excludes halogenated alkanes) is 3. The van der Waals surface area contributed by atoms with Gasteiger partial charge < -0.3 is 0 Å². The molecule has 14 heavy (non-hydrogen) atoms. The molecule has 0 aliphatic carbocycles. The van der Waals surface area contributed by atoms with Gasteiger partial charge in [0, 0.05) is 12.3 Å². The van der Waals surface area contributed by atoms with E-state index in [4.69, 9.17) is 0 Å². The summed E-state index contributed by atoms with van der Waals surface area (Å²) >= 11 is 0. The highest BCUT2D eigenvalue weighted by molar-refractivity contribution is 5.99. The van der Waals surface area contributed by atoms with Crippen LogP contribution in [0.4, 0.5) is 0 Å². The maximum atomic E-state index is 11.3. The Morgan fingerprint density at radius 2 is 1.71 bits per heavy atom. The number of hydrogen-bond acceptors (Lipinski definition) is 2. The third-order valence-corrected chi connectivity index (χ3v) is 2.32. The molecule has 0 aromatic carbocycles. The van der Waals surface area contributed by atoms with E-state index in [1.807, 2.05) is 13.8 Å². The molecule has 2 heteroatoms. The normalized spacial score (nSPS) is 10.6. The first-order chi connectivity index (χ1) is 6.57. The molecule has 0 atom stereocenters. The Bertz CT molecular complexity index is 183. The van der Waals surface area contributed by atoms with Gasteiger partial charge in [-0.3, -0.25) is 9.59 Å². The van der Waals surface area contributed by atoms with Crippen LogP contribution in [-0.2, 0) is 9.59 Å². The lowest BCUT2D eigenvalue weighted by Crippen LogP contribution is -2.12. The van der Waals surface area contributed by atoms with E-state index >= 15 is 0 Å². The third kappa shape index (κ3) is 6.81. The standard InChI is InChI=1S/C12H22O2/c1-4-5-6-7-8-11(13)9-12(14)10(2)3/h10H,4-9H2,1-3H3. The molecule has 0 spiro atoms.